The molecule has 0 aliphatic carbocycles. The van der Waals surface area contributed by atoms with Crippen molar-refractivity contribution in [2.24, 2.45) is 0 Å². The molecule has 0 radical (unpaired) electrons. The normalized spacial score (nSPS) is 9.69. The Morgan fingerprint density at radius 2 is 0.708 bits per heavy atom. The van der Waals surface area contributed by atoms with E-state index in [9.17, 15) is 18.3 Å². The number of aryl methyl sites for hydroxylation is 16. The molecule has 0 saturated heterocycles. The van der Waals surface area contributed by atoms with Gasteiger partial charge < -0.3 is 44.5 Å². The van der Waals surface area contributed by atoms with Crippen LogP contribution in [0, 0.1) is 101 Å². The lowest BCUT2D eigenvalue weighted by Gasteiger charge is -2.08. The van der Waals surface area contributed by atoms with E-state index in [0.717, 1.165) is 85.3 Å². The van der Waals surface area contributed by atoms with Gasteiger partial charge in [0.05, 0.1) is 40.1 Å². The Hall–Kier alpha value is -12.2. The molecule has 1 atom stereocenters. The zero-order valence-corrected chi connectivity index (χ0v) is 83.0. The summed E-state index contributed by atoms with van der Waals surface area (Å²) < 4.78 is 57.8. The van der Waals surface area contributed by atoms with Crippen molar-refractivity contribution in [1.82, 2.24) is 0 Å². The maximum atomic E-state index is 12.0. The highest BCUT2D eigenvalue weighted by atomic mass is 127. The second kappa shape index (κ2) is 68.8. The lowest BCUT2D eigenvalue weighted by Crippen LogP contribution is -2.06. The number of aromatic hydroxyl groups is 4. The number of aliphatic hydroxyl groups is 1. The number of methoxy groups -OCH3 is 4. The molecule has 0 heterocycles. The zero-order valence-electron chi connectivity index (χ0n) is 79.3. The Morgan fingerprint density at radius 3 is 1.02 bits per heavy atom. The van der Waals surface area contributed by atoms with E-state index < -0.39 is 11.7 Å². The standard InChI is InChI=1S/C10H14O2.C8H7F3.4C8H10O.2C8H10.2C7H7Cl.C7H7I.3C7H8O.C7H8/c1-4-8-5-6-9(11-2)10(7-8)12-3;1-6-4-2-3-5-7(6)8(9,10)11;1-7-4-3-5-8(6-7)9-2;1-7-5-3-4-6-8(7)9-2;1-6-4-3-5-7(2)8(6)9;1-7(9)8-5-3-2-4-6-8;1-7-5-3-4-6-8(7)2;1-2-8-6-4-3-5-7-8;1-6-3-2-4-7(8)5-6;2*1-6-4-2-3-5-7(6)8;1-6-2-4-7(8)5-3-6;1-6-3-2-4-7(8)5-6;1-6-4-2-3-5-7(6)8;1-7-5-3-2-4-6-7/h5-7H,4H2,1-3H3;2-5H,1H3;2*3-6H,1-2H3;3-5,9H,1-2H3;2-7,9H,1H3;3-6H,1-2H3;3-7H,2H2,1H3;3*2-5H,1H3;3*2-5,8H,1H3;2-6H,1H3. The van der Waals surface area contributed by atoms with Crippen LogP contribution in [0.3, 0.4) is 0 Å². The Morgan fingerprint density at radius 1 is 0.308 bits per heavy atom. The first-order valence-electron chi connectivity index (χ1n) is 42.4. The van der Waals surface area contributed by atoms with Crippen molar-refractivity contribution in [2.45, 2.75) is 143 Å². The van der Waals surface area contributed by atoms with E-state index in [1.54, 1.807) is 71.8 Å². The SMILES string of the molecule is CC(O)c1ccccc1.CCc1ccc(OC)c(OC)c1.CCc1ccccc1.COc1cccc(C)c1.COc1ccccc1C.Cc1ccc(O)cc1.Cc1cccc(C)c1O.Cc1cccc(Cl)c1.Cc1cccc(O)c1.Cc1ccccc1.Cc1ccccc1C.Cc1ccccc1C(F)(F)F.Cc1ccccc1Cl.Cc1ccccc1I.Cc1ccccc1O. The van der Waals surface area contributed by atoms with Gasteiger partial charge in [0.1, 0.15) is 34.5 Å². The summed E-state index contributed by atoms with van der Waals surface area (Å²) in [7, 11) is 6.65. The average molecular weight is 1920 g/mol. The highest BCUT2D eigenvalue weighted by molar-refractivity contribution is 14.1. The Balaban J connectivity index is 0.000000698. The van der Waals surface area contributed by atoms with Crippen LogP contribution in [-0.2, 0) is 19.0 Å². The van der Waals surface area contributed by atoms with Crippen molar-refractivity contribution >= 4 is 45.8 Å². The summed E-state index contributed by atoms with van der Waals surface area (Å²) in [6.45, 7) is 33.6. The van der Waals surface area contributed by atoms with Gasteiger partial charge in [-0.2, -0.15) is 13.2 Å². The Labute approximate surface area is 798 Å². The lowest BCUT2D eigenvalue weighted by atomic mass is 10.1. The number of phenols is 4. The van der Waals surface area contributed by atoms with Crippen molar-refractivity contribution in [3.05, 3.63) is 484 Å². The third kappa shape index (κ3) is 54.8. The molecule has 0 bridgehead atoms. The molecule has 130 heavy (non-hydrogen) atoms. The molecule has 15 aromatic rings. The fraction of sp³-hybridized carbons (Fsp3) is 0.217. The number of halogens is 6. The molecule has 0 fully saturated rings. The minimum atomic E-state index is -4.22. The molecular formula is C115H134Cl2F3IO9. The van der Waals surface area contributed by atoms with E-state index in [0.29, 0.717) is 23.0 Å². The summed E-state index contributed by atoms with van der Waals surface area (Å²) in [5.74, 6) is 4.92. The topological polar surface area (TPSA) is 138 Å². The molecule has 0 aromatic heterocycles. The van der Waals surface area contributed by atoms with E-state index in [2.05, 4.69) is 149 Å². The van der Waals surface area contributed by atoms with Gasteiger partial charge in [0.2, 0.25) is 0 Å². The number of rotatable bonds is 7. The van der Waals surface area contributed by atoms with Crippen LogP contribution in [0.4, 0.5) is 13.2 Å². The Kier molecular flexibility index (Phi) is 61.3. The molecule has 15 aromatic carbocycles. The predicted octanol–water partition coefficient (Wildman–Crippen LogP) is 32.6. The summed E-state index contributed by atoms with van der Waals surface area (Å²) in [5.41, 5.74) is 18.6. The molecule has 5 N–H and O–H groups in total. The van der Waals surface area contributed by atoms with Crippen molar-refractivity contribution < 1.29 is 57.7 Å². The van der Waals surface area contributed by atoms with Gasteiger partial charge in [0, 0.05) is 13.6 Å². The molecule has 1 unspecified atom stereocenters. The summed E-state index contributed by atoms with van der Waals surface area (Å²) in [4.78, 5) is 0. The summed E-state index contributed by atoms with van der Waals surface area (Å²) in [6, 6.07) is 117. The number of para-hydroxylation sites is 3. The maximum absolute atomic E-state index is 12.0. The van der Waals surface area contributed by atoms with E-state index >= 15 is 0 Å². The van der Waals surface area contributed by atoms with Crippen LogP contribution in [0.5, 0.6) is 46.0 Å². The van der Waals surface area contributed by atoms with Gasteiger partial charge in [-0.3, -0.25) is 0 Å². The molecule has 0 aliphatic rings. The van der Waals surface area contributed by atoms with Gasteiger partial charge >= 0.3 is 6.18 Å². The first-order valence-corrected chi connectivity index (χ1v) is 44.3. The van der Waals surface area contributed by atoms with Gasteiger partial charge in [-0.25, -0.2) is 0 Å². The molecule has 0 aliphatic heterocycles. The number of benzene rings is 15. The van der Waals surface area contributed by atoms with E-state index in [1.165, 1.54) is 78.3 Å². The molecule has 0 saturated carbocycles. The van der Waals surface area contributed by atoms with Gasteiger partial charge in [-0.05, 0) is 314 Å². The number of hydrogen-bond acceptors (Lipinski definition) is 9. The fourth-order valence-electron chi connectivity index (χ4n) is 10.4. The van der Waals surface area contributed by atoms with Crippen molar-refractivity contribution in [2.75, 3.05) is 28.4 Å². The molecule has 15 heteroatoms. The lowest BCUT2D eigenvalue weighted by molar-refractivity contribution is -0.138. The largest absolute Gasteiger partial charge is 0.508 e. The molecule has 15 rings (SSSR count). The molecular weight excluding hydrogens is 1780 g/mol. The number of hydrogen-bond donors (Lipinski definition) is 5. The number of aliphatic hydroxyl groups excluding tert-OH is 1. The average Bonchev–Trinajstić information content (AvgIpc) is 0.848. The number of ether oxygens (including phenoxy) is 4. The second-order valence-corrected chi connectivity index (χ2v) is 31.5. The first kappa shape index (κ1) is 116. The highest BCUT2D eigenvalue weighted by Gasteiger charge is 2.31. The third-order valence-electron chi connectivity index (χ3n) is 18.5. The third-order valence-corrected chi connectivity index (χ3v) is 20.3. The van der Waals surface area contributed by atoms with Crippen LogP contribution in [0.2, 0.25) is 10.0 Å². The van der Waals surface area contributed by atoms with Crippen LogP contribution < -0.4 is 18.9 Å². The van der Waals surface area contributed by atoms with Gasteiger partial charge in [0.25, 0.3) is 0 Å². The summed E-state index contributed by atoms with van der Waals surface area (Å²) in [6.07, 6.45) is -2.40. The van der Waals surface area contributed by atoms with Crippen molar-refractivity contribution in [3.8, 4) is 46.0 Å². The molecule has 690 valence electrons. The molecule has 9 nitrogen and oxygen atoms in total. The van der Waals surface area contributed by atoms with Crippen LogP contribution in [-0.4, -0.2) is 54.0 Å². The molecule has 0 spiro atoms. The summed E-state index contributed by atoms with van der Waals surface area (Å²) >= 11 is 13.7. The van der Waals surface area contributed by atoms with Gasteiger partial charge in [-0.15, -0.1) is 0 Å². The van der Waals surface area contributed by atoms with Gasteiger partial charge in [-0.1, -0.05) is 327 Å². The second-order valence-electron chi connectivity index (χ2n) is 29.5. The van der Waals surface area contributed by atoms with Crippen LogP contribution in [0.15, 0.2) is 370 Å². The van der Waals surface area contributed by atoms with E-state index in [1.807, 2.05) is 293 Å². The summed E-state index contributed by atoms with van der Waals surface area (Å²) in [5, 5.41) is 46.4. The number of alkyl halides is 3. The minimum Gasteiger partial charge on any atom is -0.508 e. The quantitative estimate of drug-likeness (QED) is 0.0988. The van der Waals surface area contributed by atoms with Gasteiger partial charge in [0.15, 0.2) is 11.5 Å². The van der Waals surface area contributed by atoms with E-state index in [-0.39, 0.29) is 11.7 Å². The first-order chi connectivity index (χ1) is 61.9. The maximum Gasteiger partial charge on any atom is 0.416 e. The molecule has 0 amide bonds. The Bertz CT molecular complexity index is 5090. The smallest absolute Gasteiger partial charge is 0.416 e. The van der Waals surface area contributed by atoms with Crippen LogP contribution in [0.25, 0.3) is 0 Å². The van der Waals surface area contributed by atoms with Crippen LogP contribution in [0.1, 0.15) is 127 Å². The number of phenolic OH excluding ortho intramolecular Hbond substituents is 4. The minimum absolute atomic E-state index is 0.264. The van der Waals surface area contributed by atoms with Crippen molar-refractivity contribution in [3.63, 3.8) is 0 Å². The monoisotopic (exact) mass is 1910 g/mol. The van der Waals surface area contributed by atoms with E-state index in [4.69, 9.17) is 62.6 Å². The fourth-order valence-corrected chi connectivity index (χ4v) is 11.2. The van der Waals surface area contributed by atoms with Crippen LogP contribution >= 0.6 is 45.8 Å². The zero-order chi connectivity index (χ0) is 97.2. The van der Waals surface area contributed by atoms with Crippen molar-refractivity contribution in [1.29, 1.82) is 0 Å². The predicted molar refractivity (Wildman–Crippen MR) is 553 cm³/mol. The highest BCUT2D eigenvalue weighted by Crippen LogP contribution is 2.32.